The molecule has 0 aliphatic rings. The summed E-state index contributed by atoms with van der Waals surface area (Å²) in [5, 5.41) is 0. The minimum absolute atomic E-state index is 0.0353. The van der Waals surface area contributed by atoms with Gasteiger partial charge in [0.25, 0.3) is 0 Å². The van der Waals surface area contributed by atoms with E-state index >= 15 is 0 Å². The fourth-order valence-electron chi connectivity index (χ4n) is 1.17. The van der Waals surface area contributed by atoms with Crippen LogP contribution in [0.1, 0.15) is 27.7 Å². The Morgan fingerprint density at radius 3 is 2.25 bits per heavy atom. The van der Waals surface area contributed by atoms with Gasteiger partial charge in [0.05, 0.1) is 0 Å². The Morgan fingerprint density at radius 1 is 1.50 bits per heavy atom. The number of hydrogen-bond donors (Lipinski definition) is 0. The number of rotatable bonds is 3. The molecule has 12 heavy (non-hydrogen) atoms. The average Bonchev–Trinajstić information content (AvgIpc) is 1.85. The lowest BCUT2D eigenvalue weighted by atomic mass is 10.2. The predicted molar refractivity (Wildman–Crippen MR) is 51.6 cm³/mol. The number of carbonyl (C=O) groups excluding carboxylic acids is 1. The van der Waals surface area contributed by atoms with Gasteiger partial charge in [-0.3, -0.25) is 4.79 Å². The third-order valence-electron chi connectivity index (χ3n) is 1.52. The lowest BCUT2D eigenvalue weighted by Gasteiger charge is -2.25. The van der Waals surface area contributed by atoms with Gasteiger partial charge in [-0.15, -0.1) is 0 Å². The van der Waals surface area contributed by atoms with Crippen molar-refractivity contribution in [1.82, 2.24) is 4.90 Å². The van der Waals surface area contributed by atoms with Crippen molar-refractivity contribution in [3.63, 3.8) is 0 Å². The Bertz CT molecular complexity index is 204. The van der Waals surface area contributed by atoms with Crippen LogP contribution in [0, 0.1) is 0 Å². The van der Waals surface area contributed by atoms with Crippen LogP contribution in [0.25, 0.3) is 0 Å². The molecule has 0 aromatic rings. The number of nitrogens with zero attached hydrogens (tertiary/aromatic N) is 1. The first kappa shape index (κ1) is 11.0. The van der Waals surface area contributed by atoms with Gasteiger partial charge >= 0.3 is 0 Å². The quantitative estimate of drug-likeness (QED) is 0.591. The summed E-state index contributed by atoms with van der Waals surface area (Å²) in [6.07, 6.45) is 3.71. The minimum atomic E-state index is 0.0353. The Labute approximate surface area is 74.6 Å². The van der Waals surface area contributed by atoms with Crippen LogP contribution in [0.5, 0.6) is 0 Å². The number of hydrogen-bond acceptors (Lipinski definition) is 1. The zero-order valence-electron chi connectivity index (χ0n) is 8.29. The normalized spacial score (nSPS) is 10.8. The molecule has 2 heteroatoms. The number of allylic oxidation sites excluding steroid dienone is 2. The standard InChI is InChI=1S/C10H17NO/c1-6-7-9(4)11(8(2)3)10(5)12/h6-8H,4H2,1-3,5H3. The topological polar surface area (TPSA) is 20.3 Å². The van der Waals surface area contributed by atoms with E-state index in [0.717, 1.165) is 5.70 Å². The van der Waals surface area contributed by atoms with Crippen LogP contribution in [0.2, 0.25) is 0 Å². The van der Waals surface area contributed by atoms with Gasteiger partial charge in [-0.25, -0.2) is 0 Å². The van der Waals surface area contributed by atoms with Crippen molar-refractivity contribution < 1.29 is 4.79 Å². The molecule has 0 saturated carbocycles. The molecule has 0 atom stereocenters. The van der Waals surface area contributed by atoms with Crippen molar-refractivity contribution in [2.24, 2.45) is 0 Å². The highest BCUT2D eigenvalue weighted by atomic mass is 16.2. The first-order valence-corrected chi connectivity index (χ1v) is 4.12. The minimum Gasteiger partial charge on any atom is -0.311 e. The van der Waals surface area contributed by atoms with Gasteiger partial charge < -0.3 is 4.90 Å². The highest BCUT2D eigenvalue weighted by molar-refractivity contribution is 5.76. The lowest BCUT2D eigenvalue weighted by Crippen LogP contribution is -2.33. The highest BCUT2D eigenvalue weighted by Gasteiger charge is 2.13. The third-order valence-corrected chi connectivity index (χ3v) is 1.52. The van der Waals surface area contributed by atoms with E-state index in [1.165, 1.54) is 0 Å². The highest BCUT2D eigenvalue weighted by Crippen LogP contribution is 2.08. The van der Waals surface area contributed by atoms with Crippen molar-refractivity contribution in [1.29, 1.82) is 0 Å². The van der Waals surface area contributed by atoms with E-state index in [1.54, 1.807) is 11.8 Å². The summed E-state index contributed by atoms with van der Waals surface area (Å²) < 4.78 is 0. The molecule has 0 unspecified atom stereocenters. The summed E-state index contributed by atoms with van der Waals surface area (Å²) in [4.78, 5) is 12.8. The van der Waals surface area contributed by atoms with E-state index in [2.05, 4.69) is 6.58 Å². The molecule has 0 spiro atoms. The van der Waals surface area contributed by atoms with Gasteiger partial charge in [-0.05, 0) is 26.8 Å². The molecule has 0 fully saturated rings. The zero-order chi connectivity index (χ0) is 9.72. The molecule has 0 aliphatic heterocycles. The van der Waals surface area contributed by atoms with E-state index in [9.17, 15) is 4.79 Å². The molecule has 2 nitrogen and oxygen atoms in total. The van der Waals surface area contributed by atoms with Crippen LogP contribution < -0.4 is 0 Å². The molecule has 0 aliphatic carbocycles. The van der Waals surface area contributed by atoms with Gasteiger partial charge in [0.1, 0.15) is 0 Å². The number of amides is 1. The second-order valence-electron chi connectivity index (χ2n) is 2.97. The summed E-state index contributed by atoms with van der Waals surface area (Å²) in [7, 11) is 0. The molecule has 0 radical (unpaired) electrons. The maximum absolute atomic E-state index is 11.1. The van der Waals surface area contributed by atoms with Gasteiger partial charge in [0.15, 0.2) is 0 Å². The summed E-state index contributed by atoms with van der Waals surface area (Å²) in [5.41, 5.74) is 0.750. The fraction of sp³-hybridized carbons (Fsp3) is 0.500. The molecule has 68 valence electrons. The fourth-order valence-corrected chi connectivity index (χ4v) is 1.17. The van der Waals surface area contributed by atoms with Crippen LogP contribution in [0.4, 0.5) is 0 Å². The van der Waals surface area contributed by atoms with Gasteiger partial charge in [0.2, 0.25) is 5.91 Å². The second-order valence-corrected chi connectivity index (χ2v) is 2.97. The largest absolute Gasteiger partial charge is 0.311 e. The van der Waals surface area contributed by atoms with E-state index < -0.39 is 0 Å². The Balaban J connectivity index is 4.52. The molecule has 0 rings (SSSR count). The van der Waals surface area contributed by atoms with E-state index in [0.29, 0.717) is 0 Å². The molecule has 0 aromatic heterocycles. The SMILES string of the molecule is C=C(C=CC)N(C(C)=O)C(C)C. The molecular formula is C10H17NO. The van der Waals surface area contributed by atoms with Crippen molar-refractivity contribution in [2.75, 3.05) is 0 Å². The molecule has 0 heterocycles. The molecule has 0 aromatic carbocycles. The zero-order valence-corrected chi connectivity index (χ0v) is 8.29. The molecule has 0 bridgehead atoms. The van der Waals surface area contributed by atoms with E-state index in [-0.39, 0.29) is 11.9 Å². The van der Waals surface area contributed by atoms with E-state index in [1.807, 2.05) is 32.9 Å². The summed E-state index contributed by atoms with van der Waals surface area (Å²) in [6, 6.07) is 0.172. The Morgan fingerprint density at radius 2 is 2.00 bits per heavy atom. The van der Waals surface area contributed by atoms with Crippen molar-refractivity contribution in [3.8, 4) is 0 Å². The summed E-state index contributed by atoms with van der Waals surface area (Å²) in [5.74, 6) is 0.0353. The van der Waals surface area contributed by atoms with Crippen LogP contribution in [-0.4, -0.2) is 16.8 Å². The summed E-state index contributed by atoms with van der Waals surface area (Å²) in [6.45, 7) is 11.2. The van der Waals surface area contributed by atoms with Crippen molar-refractivity contribution >= 4 is 5.91 Å². The van der Waals surface area contributed by atoms with Crippen LogP contribution in [0.15, 0.2) is 24.4 Å². The maximum atomic E-state index is 11.1. The van der Waals surface area contributed by atoms with Gasteiger partial charge in [-0.1, -0.05) is 12.7 Å². The maximum Gasteiger partial charge on any atom is 0.224 e. The molecule has 1 amide bonds. The predicted octanol–water partition coefficient (Wildman–Crippen LogP) is 2.33. The van der Waals surface area contributed by atoms with Crippen LogP contribution in [-0.2, 0) is 4.79 Å². The van der Waals surface area contributed by atoms with Crippen molar-refractivity contribution in [3.05, 3.63) is 24.4 Å². The van der Waals surface area contributed by atoms with Gasteiger partial charge in [-0.2, -0.15) is 0 Å². The lowest BCUT2D eigenvalue weighted by molar-refractivity contribution is -0.128. The Hall–Kier alpha value is -1.05. The number of carbonyl (C=O) groups is 1. The third kappa shape index (κ3) is 2.91. The van der Waals surface area contributed by atoms with Gasteiger partial charge in [0, 0.05) is 18.7 Å². The van der Waals surface area contributed by atoms with E-state index in [4.69, 9.17) is 0 Å². The van der Waals surface area contributed by atoms with Crippen LogP contribution in [0.3, 0.4) is 0 Å². The molecule has 0 N–H and O–H groups in total. The summed E-state index contributed by atoms with van der Waals surface area (Å²) >= 11 is 0. The molecular weight excluding hydrogens is 150 g/mol. The average molecular weight is 167 g/mol. The Kier molecular flexibility index (Phi) is 4.34. The smallest absolute Gasteiger partial charge is 0.224 e. The molecule has 0 saturated heterocycles. The first-order chi connectivity index (χ1) is 5.50. The van der Waals surface area contributed by atoms with Crippen LogP contribution >= 0.6 is 0 Å². The first-order valence-electron chi connectivity index (χ1n) is 4.12. The monoisotopic (exact) mass is 167 g/mol. The second kappa shape index (κ2) is 4.75. The van der Waals surface area contributed by atoms with Crippen molar-refractivity contribution in [2.45, 2.75) is 33.7 Å².